The van der Waals surface area contributed by atoms with Crippen molar-refractivity contribution in [2.45, 2.75) is 12.5 Å². The lowest BCUT2D eigenvalue weighted by atomic mass is 10.1. The molecule has 0 unspecified atom stereocenters. The Morgan fingerprint density at radius 2 is 2.15 bits per heavy atom. The number of aromatic nitrogens is 2. The number of rotatable bonds is 2. The first-order chi connectivity index (χ1) is 9.66. The molecule has 1 atom stereocenters. The second kappa shape index (κ2) is 5.38. The minimum absolute atomic E-state index is 0.0560. The lowest BCUT2D eigenvalue weighted by Crippen LogP contribution is -2.32. The first kappa shape index (κ1) is 13.3. The summed E-state index contributed by atoms with van der Waals surface area (Å²) in [6.45, 7) is 1.30. The summed E-state index contributed by atoms with van der Waals surface area (Å²) in [6, 6.07) is 9.83. The highest BCUT2D eigenvalue weighted by Crippen LogP contribution is 2.29. The zero-order valence-corrected chi connectivity index (χ0v) is 12.4. The maximum atomic E-state index is 12.4. The van der Waals surface area contributed by atoms with Crippen molar-refractivity contribution in [2.24, 2.45) is 5.73 Å². The predicted octanol–water partition coefficient (Wildman–Crippen LogP) is 2.01. The number of nitrogens with two attached hydrogens (primary N) is 1. The molecular formula is C14H15BrN4O. The second-order valence-electron chi connectivity index (χ2n) is 4.93. The molecule has 1 amide bonds. The Hall–Kier alpha value is -1.66. The van der Waals surface area contributed by atoms with Gasteiger partial charge < -0.3 is 10.6 Å². The third-order valence-corrected chi connectivity index (χ3v) is 4.25. The van der Waals surface area contributed by atoms with Crippen molar-refractivity contribution >= 4 is 21.8 Å². The van der Waals surface area contributed by atoms with E-state index >= 15 is 0 Å². The van der Waals surface area contributed by atoms with Crippen molar-refractivity contribution in [2.75, 3.05) is 13.1 Å². The van der Waals surface area contributed by atoms with Crippen LogP contribution in [-0.2, 0) is 0 Å². The first-order valence-corrected chi connectivity index (χ1v) is 7.30. The van der Waals surface area contributed by atoms with Gasteiger partial charge in [0.05, 0.1) is 4.47 Å². The molecule has 1 aliphatic heterocycles. The van der Waals surface area contributed by atoms with E-state index in [4.69, 9.17) is 5.73 Å². The van der Waals surface area contributed by atoms with Crippen LogP contribution in [0.3, 0.4) is 0 Å². The summed E-state index contributed by atoms with van der Waals surface area (Å²) >= 11 is 3.48. The van der Waals surface area contributed by atoms with Gasteiger partial charge in [-0.05, 0) is 22.4 Å². The van der Waals surface area contributed by atoms with Gasteiger partial charge in [0.1, 0.15) is 11.4 Å². The normalized spacial score (nSPS) is 18.5. The molecule has 0 spiro atoms. The fraction of sp³-hybridized carbons (Fsp3) is 0.286. The van der Waals surface area contributed by atoms with Crippen LogP contribution in [-0.4, -0.2) is 40.1 Å². The van der Waals surface area contributed by atoms with Crippen molar-refractivity contribution in [3.63, 3.8) is 0 Å². The zero-order chi connectivity index (χ0) is 14.1. The molecule has 20 heavy (non-hydrogen) atoms. The van der Waals surface area contributed by atoms with Crippen LogP contribution in [0.2, 0.25) is 0 Å². The summed E-state index contributed by atoms with van der Waals surface area (Å²) in [6.07, 6.45) is 0.850. The number of hydrogen-bond acceptors (Lipinski definition) is 3. The Morgan fingerprint density at radius 3 is 2.80 bits per heavy atom. The Bertz CT molecular complexity index is 625. The van der Waals surface area contributed by atoms with Crippen LogP contribution in [0.5, 0.6) is 0 Å². The molecule has 0 radical (unpaired) electrons. The number of nitrogens with zero attached hydrogens (tertiary/aromatic N) is 2. The molecule has 3 rings (SSSR count). The van der Waals surface area contributed by atoms with Crippen LogP contribution in [0.25, 0.3) is 11.3 Å². The van der Waals surface area contributed by atoms with Crippen molar-refractivity contribution < 1.29 is 4.79 Å². The van der Waals surface area contributed by atoms with Gasteiger partial charge in [-0.25, -0.2) is 0 Å². The minimum atomic E-state index is -0.0560. The molecule has 2 aromatic rings. The lowest BCUT2D eigenvalue weighted by Gasteiger charge is -2.14. The van der Waals surface area contributed by atoms with E-state index in [1.807, 2.05) is 30.3 Å². The topological polar surface area (TPSA) is 75.0 Å². The highest BCUT2D eigenvalue weighted by Gasteiger charge is 2.28. The summed E-state index contributed by atoms with van der Waals surface area (Å²) in [7, 11) is 0. The maximum absolute atomic E-state index is 12.4. The van der Waals surface area contributed by atoms with Gasteiger partial charge in [-0.2, -0.15) is 5.10 Å². The summed E-state index contributed by atoms with van der Waals surface area (Å²) in [5.41, 5.74) is 8.04. The Balaban J connectivity index is 1.89. The van der Waals surface area contributed by atoms with Gasteiger partial charge in [-0.1, -0.05) is 30.3 Å². The molecule has 0 saturated carbocycles. The van der Waals surface area contributed by atoms with Gasteiger partial charge in [-0.15, -0.1) is 0 Å². The van der Waals surface area contributed by atoms with Crippen molar-refractivity contribution in [3.05, 3.63) is 40.5 Å². The number of amides is 1. The highest BCUT2D eigenvalue weighted by molar-refractivity contribution is 9.10. The van der Waals surface area contributed by atoms with Crippen LogP contribution in [0, 0.1) is 0 Å². The number of carbonyl (C=O) groups excluding carboxylic acids is 1. The molecule has 0 aliphatic carbocycles. The Labute approximate surface area is 125 Å². The summed E-state index contributed by atoms with van der Waals surface area (Å²) < 4.78 is 0.703. The fourth-order valence-electron chi connectivity index (χ4n) is 2.39. The first-order valence-electron chi connectivity index (χ1n) is 6.51. The molecule has 1 saturated heterocycles. The van der Waals surface area contributed by atoms with Gasteiger partial charge in [0, 0.05) is 24.7 Å². The Morgan fingerprint density at radius 1 is 1.40 bits per heavy atom. The van der Waals surface area contributed by atoms with E-state index < -0.39 is 0 Å². The third kappa shape index (κ3) is 2.36. The monoisotopic (exact) mass is 334 g/mol. The number of H-pyrrole nitrogens is 1. The van der Waals surface area contributed by atoms with Crippen molar-refractivity contribution in [1.29, 1.82) is 0 Å². The number of nitrogens with one attached hydrogen (secondary N) is 1. The molecule has 5 nitrogen and oxygen atoms in total. The van der Waals surface area contributed by atoms with Crippen LogP contribution in [0.15, 0.2) is 34.8 Å². The van der Waals surface area contributed by atoms with Crippen LogP contribution in [0.4, 0.5) is 0 Å². The van der Waals surface area contributed by atoms with Crippen LogP contribution < -0.4 is 5.73 Å². The molecule has 0 bridgehead atoms. The lowest BCUT2D eigenvalue weighted by molar-refractivity contribution is 0.0784. The summed E-state index contributed by atoms with van der Waals surface area (Å²) in [5.74, 6) is -0.0560. The van der Waals surface area contributed by atoms with Crippen molar-refractivity contribution in [1.82, 2.24) is 15.1 Å². The van der Waals surface area contributed by atoms with E-state index in [2.05, 4.69) is 26.1 Å². The molecular weight excluding hydrogens is 320 g/mol. The summed E-state index contributed by atoms with van der Waals surface area (Å²) in [4.78, 5) is 14.2. The second-order valence-corrected chi connectivity index (χ2v) is 5.72. The third-order valence-electron chi connectivity index (χ3n) is 3.48. The van der Waals surface area contributed by atoms with E-state index in [1.165, 1.54) is 0 Å². The van der Waals surface area contributed by atoms with Gasteiger partial charge in [0.25, 0.3) is 5.91 Å². The molecule has 1 fully saturated rings. The smallest absolute Gasteiger partial charge is 0.273 e. The van der Waals surface area contributed by atoms with E-state index in [0.29, 0.717) is 23.3 Å². The quantitative estimate of drug-likeness (QED) is 0.882. The summed E-state index contributed by atoms with van der Waals surface area (Å²) in [5, 5.41) is 7.08. The van der Waals surface area contributed by atoms with Gasteiger partial charge in [0.15, 0.2) is 0 Å². The largest absolute Gasteiger partial charge is 0.336 e. The minimum Gasteiger partial charge on any atom is -0.336 e. The molecule has 1 aromatic heterocycles. The van der Waals surface area contributed by atoms with Gasteiger partial charge in [-0.3, -0.25) is 9.89 Å². The number of benzene rings is 1. The van der Waals surface area contributed by atoms with Crippen LogP contribution >= 0.6 is 15.9 Å². The number of likely N-dealkylation sites (tertiary alicyclic amines) is 1. The molecule has 1 aliphatic rings. The fourth-order valence-corrected chi connectivity index (χ4v) is 2.96. The molecule has 6 heteroatoms. The number of hydrogen-bond donors (Lipinski definition) is 2. The average molecular weight is 335 g/mol. The van der Waals surface area contributed by atoms with Gasteiger partial charge in [0.2, 0.25) is 0 Å². The van der Waals surface area contributed by atoms with Crippen LogP contribution in [0.1, 0.15) is 16.9 Å². The van der Waals surface area contributed by atoms with Crippen molar-refractivity contribution in [3.8, 4) is 11.3 Å². The number of halogens is 1. The highest BCUT2D eigenvalue weighted by atomic mass is 79.9. The molecule has 3 N–H and O–H groups in total. The zero-order valence-electron chi connectivity index (χ0n) is 10.8. The van der Waals surface area contributed by atoms with E-state index in [1.54, 1.807) is 4.90 Å². The SMILES string of the molecule is N[C@H]1CCN(C(=O)c2[nH]nc(-c3ccccc3)c2Br)C1. The van der Waals surface area contributed by atoms with E-state index in [9.17, 15) is 4.79 Å². The standard InChI is InChI=1S/C14H15BrN4O/c15-11-12(9-4-2-1-3-5-9)17-18-13(11)14(20)19-7-6-10(16)8-19/h1-5,10H,6-8,16H2,(H,17,18)/t10-/m0/s1. The molecule has 2 heterocycles. The van der Waals surface area contributed by atoms with E-state index in [0.717, 1.165) is 17.7 Å². The number of carbonyl (C=O) groups is 1. The molecule has 1 aromatic carbocycles. The predicted molar refractivity (Wildman–Crippen MR) is 80.2 cm³/mol. The van der Waals surface area contributed by atoms with Gasteiger partial charge >= 0.3 is 0 Å². The average Bonchev–Trinajstić information content (AvgIpc) is 3.05. The molecule has 104 valence electrons. The Kier molecular flexibility index (Phi) is 3.58. The van der Waals surface area contributed by atoms with E-state index in [-0.39, 0.29) is 11.9 Å². The maximum Gasteiger partial charge on any atom is 0.273 e. The number of aromatic amines is 1.